The van der Waals surface area contributed by atoms with Gasteiger partial charge in [0, 0.05) is 17.8 Å². The molecule has 1 N–H and O–H groups in total. The Labute approximate surface area is 109 Å². The van der Waals surface area contributed by atoms with Crippen LogP contribution in [0.25, 0.3) is 10.9 Å². The number of rotatable bonds is 2. The van der Waals surface area contributed by atoms with Crippen LogP contribution in [0.1, 0.15) is 5.69 Å². The maximum Gasteiger partial charge on any atom is 0.228 e. The van der Waals surface area contributed by atoms with Gasteiger partial charge in [0.25, 0.3) is 0 Å². The largest absolute Gasteiger partial charge is 0.324 e. The van der Waals surface area contributed by atoms with Gasteiger partial charge < -0.3 is 5.32 Å². The molecule has 0 aliphatic heterocycles. The van der Waals surface area contributed by atoms with Crippen molar-refractivity contribution < 1.29 is 0 Å². The van der Waals surface area contributed by atoms with Crippen LogP contribution in [0.5, 0.6) is 0 Å². The fraction of sp³-hybridized carbons (Fsp3) is 0. The number of fused-ring (bicyclic) bond motifs is 1. The predicted octanol–water partition coefficient (Wildman–Crippen LogP) is 2.64. The Kier molecular flexibility index (Phi) is 2.75. The number of hydrogen-bond donors (Lipinski definition) is 1. The first-order chi connectivity index (χ1) is 9.36. The Bertz CT molecular complexity index is 771. The zero-order chi connectivity index (χ0) is 13.1. The lowest BCUT2D eigenvalue weighted by molar-refractivity contribution is 1.14. The smallest absolute Gasteiger partial charge is 0.228 e. The van der Waals surface area contributed by atoms with Crippen LogP contribution < -0.4 is 5.32 Å². The van der Waals surface area contributed by atoms with Crippen molar-refractivity contribution in [2.75, 3.05) is 5.32 Å². The molecule has 0 saturated heterocycles. The van der Waals surface area contributed by atoms with E-state index in [0.29, 0.717) is 11.6 Å². The SMILES string of the molecule is N#Cc1ccnc(Nc2cccc3ncccc23)n1. The zero-order valence-corrected chi connectivity index (χ0v) is 9.91. The standard InChI is InChI=1S/C14H9N5/c15-9-10-6-8-17-14(18-10)19-13-5-1-4-12-11(13)3-2-7-16-12/h1-8H,(H,17,18,19). The highest BCUT2D eigenvalue weighted by Gasteiger charge is 2.03. The van der Waals surface area contributed by atoms with Crippen molar-refractivity contribution in [3.8, 4) is 6.07 Å². The van der Waals surface area contributed by atoms with Crippen LogP contribution in [-0.4, -0.2) is 15.0 Å². The molecule has 5 heteroatoms. The van der Waals surface area contributed by atoms with E-state index in [1.54, 1.807) is 18.5 Å². The normalized spacial score (nSPS) is 10.1. The average molecular weight is 247 g/mol. The second kappa shape index (κ2) is 4.70. The van der Waals surface area contributed by atoms with Crippen LogP contribution in [-0.2, 0) is 0 Å². The number of benzene rings is 1. The maximum atomic E-state index is 8.82. The molecule has 5 nitrogen and oxygen atoms in total. The highest BCUT2D eigenvalue weighted by atomic mass is 15.1. The summed E-state index contributed by atoms with van der Waals surface area (Å²) >= 11 is 0. The van der Waals surface area contributed by atoms with Crippen molar-refractivity contribution in [3.63, 3.8) is 0 Å². The summed E-state index contributed by atoms with van der Waals surface area (Å²) in [6.07, 6.45) is 3.30. The summed E-state index contributed by atoms with van der Waals surface area (Å²) in [6.45, 7) is 0. The van der Waals surface area contributed by atoms with Crippen molar-refractivity contribution in [3.05, 3.63) is 54.5 Å². The maximum absolute atomic E-state index is 8.82. The number of hydrogen-bond acceptors (Lipinski definition) is 5. The Morgan fingerprint density at radius 1 is 1.00 bits per heavy atom. The van der Waals surface area contributed by atoms with Crippen molar-refractivity contribution in [1.29, 1.82) is 5.26 Å². The molecular weight excluding hydrogens is 238 g/mol. The lowest BCUT2D eigenvalue weighted by atomic mass is 10.2. The van der Waals surface area contributed by atoms with E-state index in [2.05, 4.69) is 20.3 Å². The van der Waals surface area contributed by atoms with Gasteiger partial charge in [-0.2, -0.15) is 5.26 Å². The van der Waals surface area contributed by atoms with Crippen LogP contribution in [0, 0.1) is 11.3 Å². The van der Waals surface area contributed by atoms with E-state index in [1.165, 1.54) is 0 Å². The van der Waals surface area contributed by atoms with Gasteiger partial charge in [-0.3, -0.25) is 4.98 Å². The Morgan fingerprint density at radius 3 is 2.84 bits per heavy atom. The number of anilines is 2. The van der Waals surface area contributed by atoms with Crippen LogP contribution >= 0.6 is 0 Å². The highest BCUT2D eigenvalue weighted by Crippen LogP contribution is 2.23. The Morgan fingerprint density at radius 2 is 1.95 bits per heavy atom. The molecule has 0 amide bonds. The van der Waals surface area contributed by atoms with Crippen molar-refractivity contribution in [2.24, 2.45) is 0 Å². The zero-order valence-electron chi connectivity index (χ0n) is 9.91. The summed E-state index contributed by atoms with van der Waals surface area (Å²) in [4.78, 5) is 12.5. The van der Waals surface area contributed by atoms with E-state index in [-0.39, 0.29) is 0 Å². The molecule has 0 saturated carbocycles. The van der Waals surface area contributed by atoms with E-state index in [0.717, 1.165) is 16.6 Å². The lowest BCUT2D eigenvalue weighted by Crippen LogP contribution is -1.98. The number of nitrogens with zero attached hydrogens (tertiary/aromatic N) is 4. The van der Waals surface area contributed by atoms with Crippen molar-refractivity contribution in [2.45, 2.75) is 0 Å². The van der Waals surface area contributed by atoms with E-state index in [4.69, 9.17) is 5.26 Å². The summed E-state index contributed by atoms with van der Waals surface area (Å²) in [5.74, 6) is 0.399. The molecule has 0 radical (unpaired) electrons. The quantitative estimate of drug-likeness (QED) is 0.753. The summed E-state index contributed by atoms with van der Waals surface area (Å²) < 4.78 is 0. The lowest BCUT2D eigenvalue weighted by Gasteiger charge is -2.07. The molecule has 90 valence electrons. The predicted molar refractivity (Wildman–Crippen MR) is 71.8 cm³/mol. The first-order valence-electron chi connectivity index (χ1n) is 5.71. The molecule has 3 rings (SSSR count). The van der Waals surface area contributed by atoms with E-state index >= 15 is 0 Å². The van der Waals surface area contributed by atoms with Crippen LogP contribution in [0.4, 0.5) is 11.6 Å². The molecule has 2 aromatic heterocycles. The van der Waals surface area contributed by atoms with E-state index in [1.807, 2.05) is 36.4 Å². The average Bonchev–Trinajstić information content (AvgIpc) is 2.48. The third-order valence-corrected chi connectivity index (χ3v) is 2.66. The molecule has 0 aliphatic carbocycles. The second-order valence-electron chi connectivity index (χ2n) is 3.88. The van der Waals surface area contributed by atoms with Crippen molar-refractivity contribution >= 4 is 22.5 Å². The van der Waals surface area contributed by atoms with Crippen LogP contribution in [0.15, 0.2) is 48.8 Å². The van der Waals surface area contributed by atoms with Gasteiger partial charge in [0.05, 0.1) is 11.2 Å². The molecule has 0 unspecified atom stereocenters. The number of nitrogens with one attached hydrogen (secondary N) is 1. The third-order valence-electron chi connectivity index (χ3n) is 2.66. The van der Waals surface area contributed by atoms with Gasteiger partial charge in [0.1, 0.15) is 11.8 Å². The molecular formula is C14H9N5. The third kappa shape index (κ3) is 2.19. The molecule has 1 aromatic carbocycles. The van der Waals surface area contributed by atoms with Gasteiger partial charge >= 0.3 is 0 Å². The minimum atomic E-state index is 0.330. The summed E-state index contributed by atoms with van der Waals surface area (Å²) in [5, 5.41) is 12.9. The van der Waals surface area contributed by atoms with Crippen molar-refractivity contribution in [1.82, 2.24) is 15.0 Å². The fourth-order valence-corrected chi connectivity index (χ4v) is 1.81. The van der Waals surface area contributed by atoms with Gasteiger partial charge in [-0.05, 0) is 30.3 Å². The number of pyridine rings is 1. The molecule has 0 atom stereocenters. The minimum absolute atomic E-state index is 0.330. The monoisotopic (exact) mass is 247 g/mol. The molecule has 2 heterocycles. The fourth-order valence-electron chi connectivity index (χ4n) is 1.81. The first kappa shape index (κ1) is 11.1. The van der Waals surface area contributed by atoms with E-state index in [9.17, 15) is 0 Å². The molecule has 0 fully saturated rings. The second-order valence-corrected chi connectivity index (χ2v) is 3.88. The van der Waals surface area contributed by atoms with Crippen LogP contribution in [0.3, 0.4) is 0 Å². The van der Waals surface area contributed by atoms with Gasteiger partial charge in [-0.15, -0.1) is 0 Å². The molecule has 0 bridgehead atoms. The minimum Gasteiger partial charge on any atom is -0.324 e. The molecule has 0 aliphatic rings. The van der Waals surface area contributed by atoms with Gasteiger partial charge in [-0.1, -0.05) is 6.07 Å². The summed E-state index contributed by atoms with van der Waals surface area (Å²) in [7, 11) is 0. The topological polar surface area (TPSA) is 74.5 Å². The molecule has 19 heavy (non-hydrogen) atoms. The summed E-state index contributed by atoms with van der Waals surface area (Å²) in [5.41, 5.74) is 2.08. The van der Waals surface area contributed by atoms with E-state index < -0.39 is 0 Å². The van der Waals surface area contributed by atoms with Gasteiger partial charge in [0.15, 0.2) is 0 Å². The number of aromatic nitrogens is 3. The van der Waals surface area contributed by atoms with Gasteiger partial charge in [-0.25, -0.2) is 9.97 Å². The van der Waals surface area contributed by atoms with Crippen LogP contribution in [0.2, 0.25) is 0 Å². The Balaban J connectivity index is 2.04. The molecule has 0 spiro atoms. The first-order valence-corrected chi connectivity index (χ1v) is 5.71. The van der Waals surface area contributed by atoms with Gasteiger partial charge in [0.2, 0.25) is 5.95 Å². The highest BCUT2D eigenvalue weighted by molar-refractivity contribution is 5.92. The Hall–Kier alpha value is -3.00. The molecule has 3 aromatic rings. The summed E-state index contributed by atoms with van der Waals surface area (Å²) in [6, 6.07) is 13.2. The number of nitriles is 1.